The van der Waals surface area contributed by atoms with Gasteiger partial charge in [0.1, 0.15) is 0 Å². The van der Waals surface area contributed by atoms with Crippen LogP contribution in [0.4, 0.5) is 0 Å². The molecule has 1 atom stereocenters. The Morgan fingerprint density at radius 1 is 1.50 bits per heavy atom. The van der Waals surface area contributed by atoms with Gasteiger partial charge in [0.15, 0.2) is 0 Å². The third-order valence-electron chi connectivity index (χ3n) is 2.79. The summed E-state index contributed by atoms with van der Waals surface area (Å²) in [6.07, 6.45) is 3.45. The van der Waals surface area contributed by atoms with E-state index in [4.69, 9.17) is 11.6 Å². The molecule has 0 radical (unpaired) electrons. The molecule has 5 heteroatoms. The number of nitrogens with zero attached hydrogens (tertiary/aromatic N) is 1. The van der Waals surface area contributed by atoms with Crippen LogP contribution in [-0.4, -0.2) is 16.1 Å². The predicted octanol–water partition coefficient (Wildman–Crippen LogP) is 2.86. The second-order valence-corrected chi connectivity index (χ2v) is 4.60. The molecule has 4 nitrogen and oxygen atoms in total. The first-order valence-corrected chi connectivity index (χ1v) is 6.01. The van der Waals surface area contributed by atoms with Crippen LogP contribution < -0.4 is 5.32 Å². The molecule has 1 aromatic heterocycles. The summed E-state index contributed by atoms with van der Waals surface area (Å²) in [5, 5.41) is 10.1. The van der Waals surface area contributed by atoms with Gasteiger partial charge in [-0.15, -0.1) is 0 Å². The molecular formula is C13H14ClN3O. The Labute approximate surface area is 110 Å². The Bertz CT molecular complexity index is 551. The molecule has 0 bridgehead atoms. The number of aryl methyl sites for hydroxylation is 1. The van der Waals surface area contributed by atoms with E-state index in [-0.39, 0.29) is 11.9 Å². The largest absolute Gasteiger partial charge is 0.345 e. The van der Waals surface area contributed by atoms with Gasteiger partial charge in [0.25, 0.3) is 5.91 Å². The minimum absolute atomic E-state index is 0.0905. The summed E-state index contributed by atoms with van der Waals surface area (Å²) in [6, 6.07) is 5.13. The Kier molecular flexibility index (Phi) is 3.67. The lowest BCUT2D eigenvalue weighted by molar-refractivity contribution is 0.0940. The number of benzene rings is 1. The normalized spacial score (nSPS) is 12.2. The quantitative estimate of drug-likeness (QED) is 0.895. The van der Waals surface area contributed by atoms with Crippen LogP contribution in [0.1, 0.15) is 34.5 Å². The van der Waals surface area contributed by atoms with Crippen LogP contribution in [0.2, 0.25) is 5.02 Å². The van der Waals surface area contributed by atoms with Gasteiger partial charge in [-0.3, -0.25) is 9.89 Å². The van der Waals surface area contributed by atoms with E-state index in [9.17, 15) is 4.79 Å². The number of aromatic nitrogens is 2. The van der Waals surface area contributed by atoms with Crippen molar-refractivity contribution in [3.63, 3.8) is 0 Å². The Balaban J connectivity index is 2.10. The molecule has 1 aromatic carbocycles. The molecule has 0 aliphatic rings. The van der Waals surface area contributed by atoms with Crippen LogP contribution in [0.5, 0.6) is 0 Å². The average molecular weight is 264 g/mol. The number of nitrogens with one attached hydrogen (secondary N) is 2. The lowest BCUT2D eigenvalue weighted by Gasteiger charge is -2.12. The van der Waals surface area contributed by atoms with Crippen molar-refractivity contribution >= 4 is 17.5 Å². The number of H-pyrrole nitrogens is 1. The SMILES string of the molecule is Cc1cc(C(=O)NC(C)c2cn[nH]c2)ccc1Cl. The second-order valence-electron chi connectivity index (χ2n) is 4.19. The molecular weight excluding hydrogens is 250 g/mol. The monoisotopic (exact) mass is 263 g/mol. The molecule has 2 rings (SSSR count). The molecule has 2 aromatic rings. The van der Waals surface area contributed by atoms with E-state index in [2.05, 4.69) is 15.5 Å². The van der Waals surface area contributed by atoms with Gasteiger partial charge in [-0.2, -0.15) is 5.10 Å². The third kappa shape index (κ3) is 2.71. The van der Waals surface area contributed by atoms with Crippen molar-refractivity contribution in [1.29, 1.82) is 0 Å². The Morgan fingerprint density at radius 2 is 2.28 bits per heavy atom. The molecule has 0 aliphatic carbocycles. The van der Waals surface area contributed by atoms with Crippen molar-refractivity contribution in [3.05, 3.63) is 52.3 Å². The molecule has 0 spiro atoms. The fourth-order valence-electron chi connectivity index (χ4n) is 1.65. The van der Waals surface area contributed by atoms with Crippen molar-refractivity contribution < 1.29 is 4.79 Å². The number of carbonyl (C=O) groups excluding carboxylic acids is 1. The number of rotatable bonds is 3. The Morgan fingerprint density at radius 3 is 2.89 bits per heavy atom. The van der Waals surface area contributed by atoms with Crippen LogP contribution in [0, 0.1) is 6.92 Å². The molecule has 1 amide bonds. The molecule has 0 aliphatic heterocycles. The van der Waals surface area contributed by atoms with Crippen LogP contribution in [0.3, 0.4) is 0 Å². The topological polar surface area (TPSA) is 57.8 Å². The van der Waals surface area contributed by atoms with Gasteiger partial charge >= 0.3 is 0 Å². The highest BCUT2D eigenvalue weighted by Gasteiger charge is 2.12. The maximum absolute atomic E-state index is 12.0. The maximum atomic E-state index is 12.0. The minimum atomic E-state index is -0.122. The summed E-state index contributed by atoms with van der Waals surface area (Å²) in [5.41, 5.74) is 2.43. The molecule has 18 heavy (non-hydrogen) atoms. The molecule has 1 unspecified atom stereocenters. The molecule has 94 valence electrons. The van der Waals surface area contributed by atoms with E-state index in [1.807, 2.05) is 13.8 Å². The minimum Gasteiger partial charge on any atom is -0.345 e. The van der Waals surface area contributed by atoms with E-state index in [0.717, 1.165) is 11.1 Å². The number of carbonyl (C=O) groups is 1. The number of aromatic amines is 1. The highest BCUT2D eigenvalue weighted by atomic mass is 35.5. The van der Waals surface area contributed by atoms with Crippen molar-refractivity contribution in [2.75, 3.05) is 0 Å². The highest BCUT2D eigenvalue weighted by Crippen LogP contribution is 2.17. The summed E-state index contributed by atoms with van der Waals surface area (Å²) >= 11 is 5.93. The summed E-state index contributed by atoms with van der Waals surface area (Å²) in [5.74, 6) is -0.122. The van der Waals surface area contributed by atoms with Crippen LogP contribution in [-0.2, 0) is 0 Å². The van der Waals surface area contributed by atoms with E-state index in [1.54, 1.807) is 30.6 Å². The van der Waals surface area contributed by atoms with Crippen molar-refractivity contribution in [3.8, 4) is 0 Å². The molecule has 0 saturated heterocycles. The van der Waals surface area contributed by atoms with Crippen molar-refractivity contribution in [2.45, 2.75) is 19.9 Å². The summed E-state index contributed by atoms with van der Waals surface area (Å²) in [4.78, 5) is 12.0. The first kappa shape index (κ1) is 12.6. The smallest absolute Gasteiger partial charge is 0.251 e. The first-order valence-electron chi connectivity index (χ1n) is 5.63. The summed E-state index contributed by atoms with van der Waals surface area (Å²) < 4.78 is 0. The zero-order valence-corrected chi connectivity index (χ0v) is 11.0. The summed E-state index contributed by atoms with van der Waals surface area (Å²) in [7, 11) is 0. The van der Waals surface area contributed by atoms with Crippen LogP contribution >= 0.6 is 11.6 Å². The van der Waals surface area contributed by atoms with Gasteiger partial charge in [0.05, 0.1) is 12.2 Å². The maximum Gasteiger partial charge on any atom is 0.251 e. The number of halogens is 1. The van der Waals surface area contributed by atoms with Gasteiger partial charge in [0.2, 0.25) is 0 Å². The van der Waals surface area contributed by atoms with E-state index >= 15 is 0 Å². The number of hydrogen-bond acceptors (Lipinski definition) is 2. The van der Waals surface area contributed by atoms with Crippen LogP contribution in [0.15, 0.2) is 30.6 Å². The van der Waals surface area contributed by atoms with Gasteiger partial charge in [-0.1, -0.05) is 11.6 Å². The number of amides is 1. The lowest BCUT2D eigenvalue weighted by Crippen LogP contribution is -2.26. The standard InChI is InChI=1S/C13H14ClN3O/c1-8-5-10(3-4-12(8)14)13(18)17-9(2)11-6-15-16-7-11/h3-7,9H,1-2H3,(H,15,16)(H,17,18). The molecule has 2 N–H and O–H groups in total. The van der Waals surface area contributed by atoms with Gasteiger partial charge in [-0.25, -0.2) is 0 Å². The lowest BCUT2D eigenvalue weighted by atomic mass is 10.1. The molecule has 1 heterocycles. The second kappa shape index (κ2) is 5.23. The third-order valence-corrected chi connectivity index (χ3v) is 3.21. The van der Waals surface area contributed by atoms with Crippen molar-refractivity contribution in [1.82, 2.24) is 15.5 Å². The van der Waals surface area contributed by atoms with Gasteiger partial charge in [-0.05, 0) is 37.6 Å². The van der Waals surface area contributed by atoms with E-state index < -0.39 is 0 Å². The zero-order chi connectivity index (χ0) is 13.1. The predicted molar refractivity (Wildman–Crippen MR) is 70.7 cm³/mol. The number of hydrogen-bond donors (Lipinski definition) is 2. The van der Waals surface area contributed by atoms with Crippen molar-refractivity contribution in [2.24, 2.45) is 0 Å². The average Bonchev–Trinajstić information content (AvgIpc) is 2.86. The fourth-order valence-corrected chi connectivity index (χ4v) is 1.76. The van der Waals surface area contributed by atoms with Crippen LogP contribution in [0.25, 0.3) is 0 Å². The van der Waals surface area contributed by atoms with Gasteiger partial charge in [0, 0.05) is 22.3 Å². The zero-order valence-electron chi connectivity index (χ0n) is 10.2. The molecule has 0 fully saturated rings. The van der Waals surface area contributed by atoms with Gasteiger partial charge < -0.3 is 5.32 Å². The fraction of sp³-hybridized carbons (Fsp3) is 0.231. The first-order chi connectivity index (χ1) is 8.58. The Hall–Kier alpha value is -1.81. The summed E-state index contributed by atoms with van der Waals surface area (Å²) in [6.45, 7) is 3.78. The van der Waals surface area contributed by atoms with E-state index in [0.29, 0.717) is 10.6 Å². The molecule has 0 saturated carbocycles. The van der Waals surface area contributed by atoms with E-state index in [1.165, 1.54) is 0 Å². The highest BCUT2D eigenvalue weighted by molar-refractivity contribution is 6.31.